The van der Waals surface area contributed by atoms with Crippen LogP contribution >= 0.6 is 7.26 Å². The molecule has 0 aromatic heterocycles. The normalized spacial score (nSPS) is 11.1. The summed E-state index contributed by atoms with van der Waals surface area (Å²) < 4.78 is 0. The molecule has 0 unspecified atom stereocenters. The summed E-state index contributed by atoms with van der Waals surface area (Å²) in [6.07, 6.45) is 2.10. The summed E-state index contributed by atoms with van der Waals surface area (Å²) in [4.78, 5) is 0. The molecule has 0 aliphatic carbocycles. The van der Waals surface area contributed by atoms with Crippen LogP contribution in [0.5, 0.6) is 0 Å². The van der Waals surface area contributed by atoms with Gasteiger partial charge in [-0.3, -0.25) is 0 Å². The second kappa shape index (κ2) is 6.87. The molecule has 0 bridgehead atoms. The maximum atomic E-state index is 4.20. The van der Waals surface area contributed by atoms with Crippen LogP contribution in [0.4, 0.5) is 0 Å². The van der Waals surface area contributed by atoms with Gasteiger partial charge in [-0.2, -0.15) is 0 Å². The van der Waals surface area contributed by atoms with E-state index < -0.39 is 7.26 Å². The Labute approximate surface area is 129 Å². The molecular weight excluding hydrogens is 271 g/mol. The number of hydrogen-bond donors (Lipinski definition) is 0. The number of rotatable bonds is 6. The van der Waals surface area contributed by atoms with E-state index in [1.807, 2.05) is 0 Å². The molecule has 2 aromatic rings. The summed E-state index contributed by atoms with van der Waals surface area (Å²) in [5.74, 6) is 0. The van der Waals surface area contributed by atoms with Crippen molar-refractivity contribution in [3.63, 3.8) is 0 Å². The highest BCUT2D eigenvalue weighted by atomic mass is 31.2. The highest BCUT2D eigenvalue weighted by Crippen LogP contribution is 2.58. The minimum Gasteiger partial charge on any atom is -0.0965 e. The van der Waals surface area contributed by atoms with Crippen LogP contribution in [0.15, 0.2) is 85.0 Å². The molecule has 108 valence electrons. The van der Waals surface area contributed by atoms with E-state index in [2.05, 4.69) is 87.7 Å². The molecule has 0 saturated carbocycles. The minimum atomic E-state index is -1.51. The van der Waals surface area contributed by atoms with Crippen molar-refractivity contribution >= 4 is 17.9 Å². The van der Waals surface area contributed by atoms with Crippen molar-refractivity contribution in [1.29, 1.82) is 0 Å². The largest absolute Gasteiger partial charge is 0.0998 e. The van der Waals surface area contributed by atoms with Gasteiger partial charge in [-0.25, -0.2) is 0 Å². The van der Waals surface area contributed by atoms with Crippen molar-refractivity contribution in [2.75, 3.05) is 12.3 Å². The van der Waals surface area contributed by atoms with Gasteiger partial charge in [0.1, 0.15) is 0 Å². The maximum absolute atomic E-state index is 4.20. The molecule has 1 heteroatoms. The summed E-state index contributed by atoms with van der Waals surface area (Å²) in [5.41, 5.74) is 2.49. The van der Waals surface area contributed by atoms with Gasteiger partial charge in [0, 0.05) is 0 Å². The first-order chi connectivity index (χ1) is 10.0. The standard InChI is InChI=1S/C20H24P/c1-17(2)15-21(16-18(3)4,19-11-7-5-8-12-19)20-13-9-6-10-14-20/h5-14H,1,3,15-16H2,2,4H3/q+1. The summed E-state index contributed by atoms with van der Waals surface area (Å²) >= 11 is 0. The predicted octanol–water partition coefficient (Wildman–Crippen LogP) is 4.81. The number of allylic oxidation sites excluding steroid dienone is 2. The average molecular weight is 295 g/mol. The molecule has 0 aliphatic rings. The minimum absolute atomic E-state index is 1.05. The molecule has 0 fully saturated rings. The SMILES string of the molecule is C=C(C)C[P+](CC(=C)C)(c1ccccc1)c1ccccc1. The van der Waals surface area contributed by atoms with Crippen LogP contribution in [0.1, 0.15) is 13.8 Å². The van der Waals surface area contributed by atoms with Gasteiger partial charge in [0.25, 0.3) is 0 Å². The summed E-state index contributed by atoms with van der Waals surface area (Å²) in [6.45, 7) is 12.7. The molecule has 21 heavy (non-hydrogen) atoms. The average Bonchev–Trinajstić information content (AvgIpc) is 2.47. The first-order valence-corrected chi connectivity index (χ1v) is 9.47. The Hall–Kier alpha value is -1.65. The van der Waals surface area contributed by atoms with Crippen LogP contribution in [0.2, 0.25) is 0 Å². The van der Waals surface area contributed by atoms with Crippen molar-refractivity contribution in [2.24, 2.45) is 0 Å². The summed E-state index contributed by atoms with van der Waals surface area (Å²) in [5, 5.41) is 2.89. The third-order valence-electron chi connectivity index (χ3n) is 3.58. The molecule has 2 aromatic carbocycles. The summed E-state index contributed by atoms with van der Waals surface area (Å²) in [6, 6.07) is 21.8. The Kier molecular flexibility index (Phi) is 5.15. The van der Waals surface area contributed by atoms with Crippen LogP contribution in [-0.4, -0.2) is 12.3 Å². The van der Waals surface area contributed by atoms with E-state index in [0.29, 0.717) is 0 Å². The fourth-order valence-corrected chi connectivity index (χ4v) is 7.39. The zero-order valence-electron chi connectivity index (χ0n) is 13.0. The second-order valence-corrected chi connectivity index (χ2v) is 9.47. The predicted molar refractivity (Wildman–Crippen MR) is 98.4 cm³/mol. The molecule has 0 heterocycles. The first-order valence-electron chi connectivity index (χ1n) is 7.32. The van der Waals surface area contributed by atoms with E-state index in [1.165, 1.54) is 21.8 Å². The zero-order chi connectivity index (χ0) is 15.3. The van der Waals surface area contributed by atoms with Crippen molar-refractivity contribution in [3.8, 4) is 0 Å². The smallest absolute Gasteiger partial charge is 0.0965 e. The molecule has 0 amide bonds. The van der Waals surface area contributed by atoms with Crippen molar-refractivity contribution in [3.05, 3.63) is 85.0 Å². The van der Waals surface area contributed by atoms with Crippen LogP contribution < -0.4 is 10.6 Å². The molecule has 0 radical (unpaired) electrons. The number of hydrogen-bond acceptors (Lipinski definition) is 0. The van der Waals surface area contributed by atoms with Gasteiger partial charge in [-0.1, -0.05) is 49.6 Å². The fraction of sp³-hybridized carbons (Fsp3) is 0.200. The van der Waals surface area contributed by atoms with Crippen LogP contribution in [0.25, 0.3) is 0 Å². The zero-order valence-corrected chi connectivity index (χ0v) is 13.9. The van der Waals surface area contributed by atoms with E-state index in [0.717, 1.165) is 12.3 Å². The van der Waals surface area contributed by atoms with Gasteiger partial charge in [0.15, 0.2) is 0 Å². The van der Waals surface area contributed by atoms with E-state index in [9.17, 15) is 0 Å². The van der Waals surface area contributed by atoms with Crippen LogP contribution in [0.3, 0.4) is 0 Å². The maximum Gasteiger partial charge on any atom is 0.0998 e. The van der Waals surface area contributed by atoms with Gasteiger partial charge in [0.2, 0.25) is 0 Å². The Bertz CT molecular complexity index is 553. The number of benzene rings is 2. The highest BCUT2D eigenvalue weighted by Gasteiger charge is 2.42. The van der Waals surface area contributed by atoms with E-state index in [-0.39, 0.29) is 0 Å². The lowest BCUT2D eigenvalue weighted by molar-refractivity contribution is 1.36. The summed E-state index contributed by atoms with van der Waals surface area (Å²) in [7, 11) is -1.51. The Morgan fingerprint density at radius 1 is 0.714 bits per heavy atom. The molecule has 0 atom stereocenters. The van der Waals surface area contributed by atoms with Crippen LogP contribution in [-0.2, 0) is 0 Å². The van der Waals surface area contributed by atoms with Crippen molar-refractivity contribution in [1.82, 2.24) is 0 Å². The molecule has 0 N–H and O–H groups in total. The Balaban J connectivity index is 2.64. The first kappa shape index (κ1) is 15.7. The quantitative estimate of drug-likeness (QED) is 0.530. The lowest BCUT2D eigenvalue weighted by Crippen LogP contribution is -2.28. The van der Waals surface area contributed by atoms with E-state index in [1.54, 1.807) is 0 Å². The van der Waals surface area contributed by atoms with E-state index in [4.69, 9.17) is 0 Å². The van der Waals surface area contributed by atoms with Crippen molar-refractivity contribution in [2.45, 2.75) is 13.8 Å². The van der Waals surface area contributed by atoms with Gasteiger partial charge in [0.05, 0.1) is 30.2 Å². The van der Waals surface area contributed by atoms with Gasteiger partial charge < -0.3 is 0 Å². The molecule has 0 saturated heterocycles. The van der Waals surface area contributed by atoms with E-state index >= 15 is 0 Å². The monoisotopic (exact) mass is 295 g/mol. The third-order valence-corrected chi connectivity index (χ3v) is 8.31. The van der Waals surface area contributed by atoms with Gasteiger partial charge in [-0.05, 0) is 49.3 Å². The van der Waals surface area contributed by atoms with Crippen LogP contribution in [0, 0.1) is 0 Å². The molecule has 0 aliphatic heterocycles. The fourth-order valence-electron chi connectivity index (χ4n) is 2.92. The Morgan fingerprint density at radius 3 is 1.33 bits per heavy atom. The van der Waals surface area contributed by atoms with Crippen molar-refractivity contribution < 1.29 is 0 Å². The lowest BCUT2D eigenvalue weighted by atomic mass is 10.4. The third kappa shape index (κ3) is 3.71. The molecule has 2 rings (SSSR count). The van der Waals surface area contributed by atoms with Gasteiger partial charge >= 0.3 is 0 Å². The molecule has 0 nitrogen and oxygen atoms in total. The molecular formula is C20H24P+. The lowest BCUT2D eigenvalue weighted by Gasteiger charge is -2.28. The topological polar surface area (TPSA) is 0 Å². The Morgan fingerprint density at radius 2 is 1.05 bits per heavy atom. The second-order valence-electron chi connectivity index (χ2n) is 5.87. The molecule has 0 spiro atoms. The van der Waals surface area contributed by atoms with Gasteiger partial charge in [-0.15, -0.1) is 0 Å². The highest BCUT2D eigenvalue weighted by molar-refractivity contribution is 7.89.